The molecular weight excluding hydrogens is 454 g/mol. The van der Waals surface area contributed by atoms with E-state index in [2.05, 4.69) is 142 Å². The average molecular weight is 476 g/mol. The van der Waals surface area contributed by atoms with E-state index in [9.17, 15) is 0 Å². The van der Waals surface area contributed by atoms with E-state index < -0.39 is 0 Å². The van der Waals surface area contributed by atoms with Gasteiger partial charge in [0.25, 0.3) is 0 Å². The Hall–Kier alpha value is -3.62. The third-order valence-corrected chi connectivity index (χ3v) is 6.08. The molecule has 0 saturated heterocycles. The van der Waals surface area contributed by atoms with Crippen molar-refractivity contribution in [3.05, 3.63) is 138 Å². The Morgan fingerprint density at radius 2 is 0.656 bits per heavy atom. The van der Waals surface area contributed by atoms with Crippen molar-refractivity contribution in [2.24, 2.45) is 0 Å². The lowest BCUT2D eigenvalue weighted by Gasteiger charge is -2.25. The van der Waals surface area contributed by atoms with E-state index in [0.29, 0.717) is 0 Å². The van der Waals surface area contributed by atoms with Crippen molar-refractivity contribution in [3.63, 3.8) is 0 Å². The largest absolute Gasteiger partial charge is 0.311 e. The number of nitrogens with zero attached hydrogens (tertiary/aromatic N) is 1. The zero-order valence-corrected chi connectivity index (χ0v) is 19.1. The smallest absolute Gasteiger partial charge is 0.0462 e. The Balaban J connectivity index is 1.44. The maximum Gasteiger partial charge on any atom is 0.0462 e. The van der Waals surface area contributed by atoms with Crippen molar-refractivity contribution in [2.75, 3.05) is 4.90 Å². The highest BCUT2D eigenvalue weighted by Crippen LogP contribution is 2.35. The van der Waals surface area contributed by atoms with Crippen molar-refractivity contribution in [1.29, 1.82) is 0 Å². The average Bonchev–Trinajstić information content (AvgIpc) is 2.87. The second-order valence-electron chi connectivity index (χ2n) is 7.64. The summed E-state index contributed by atoms with van der Waals surface area (Å²) in [7, 11) is 0. The maximum absolute atomic E-state index is 3.50. The van der Waals surface area contributed by atoms with Gasteiger partial charge in [-0.05, 0) is 70.8 Å². The summed E-state index contributed by atoms with van der Waals surface area (Å²) >= 11 is 3.50. The SMILES string of the molecule is Brc1ccc(-c2ccc(-c3ccc(N(c4ccccc4)c4ccccc4)cc3)cc2)cc1. The Kier molecular flexibility index (Phi) is 5.87. The molecule has 154 valence electrons. The number of hydrogen-bond acceptors (Lipinski definition) is 1. The number of hydrogen-bond donors (Lipinski definition) is 0. The topological polar surface area (TPSA) is 3.24 Å². The van der Waals surface area contributed by atoms with Crippen molar-refractivity contribution >= 4 is 33.0 Å². The van der Waals surface area contributed by atoms with Gasteiger partial charge in [0.15, 0.2) is 0 Å². The van der Waals surface area contributed by atoms with Crippen LogP contribution in [0.25, 0.3) is 22.3 Å². The second-order valence-corrected chi connectivity index (χ2v) is 8.55. The fraction of sp³-hybridized carbons (Fsp3) is 0. The fourth-order valence-corrected chi connectivity index (χ4v) is 4.17. The van der Waals surface area contributed by atoms with Crippen molar-refractivity contribution in [2.45, 2.75) is 0 Å². The molecule has 0 amide bonds. The van der Waals surface area contributed by atoms with Gasteiger partial charge in [0.2, 0.25) is 0 Å². The first-order valence-electron chi connectivity index (χ1n) is 10.6. The summed E-state index contributed by atoms with van der Waals surface area (Å²) < 4.78 is 1.10. The minimum atomic E-state index is 1.10. The number of halogens is 1. The van der Waals surface area contributed by atoms with E-state index in [1.54, 1.807) is 0 Å². The van der Waals surface area contributed by atoms with Gasteiger partial charge < -0.3 is 4.90 Å². The van der Waals surface area contributed by atoms with Gasteiger partial charge in [-0.1, -0.05) is 101 Å². The quantitative estimate of drug-likeness (QED) is 0.244. The summed E-state index contributed by atoms with van der Waals surface area (Å²) in [6, 6.07) is 46.9. The molecule has 1 nitrogen and oxygen atoms in total. The lowest BCUT2D eigenvalue weighted by atomic mass is 10.00. The second kappa shape index (κ2) is 9.25. The zero-order chi connectivity index (χ0) is 21.8. The monoisotopic (exact) mass is 475 g/mol. The van der Waals surface area contributed by atoms with E-state index >= 15 is 0 Å². The van der Waals surface area contributed by atoms with E-state index in [1.165, 1.54) is 22.3 Å². The molecule has 0 heterocycles. The first kappa shape index (κ1) is 20.3. The van der Waals surface area contributed by atoms with Gasteiger partial charge >= 0.3 is 0 Å². The Morgan fingerprint density at radius 3 is 1.06 bits per heavy atom. The molecule has 5 rings (SSSR count). The Bertz CT molecular complexity index is 1240. The van der Waals surface area contributed by atoms with Crippen LogP contribution in [0.15, 0.2) is 138 Å². The van der Waals surface area contributed by atoms with Crippen LogP contribution in [0.3, 0.4) is 0 Å². The number of anilines is 3. The lowest BCUT2D eigenvalue weighted by Crippen LogP contribution is -2.09. The van der Waals surface area contributed by atoms with E-state index in [-0.39, 0.29) is 0 Å². The predicted octanol–water partition coefficient (Wildman–Crippen LogP) is 9.25. The van der Waals surface area contributed by atoms with Crippen molar-refractivity contribution < 1.29 is 0 Å². The lowest BCUT2D eigenvalue weighted by molar-refractivity contribution is 1.28. The first-order valence-corrected chi connectivity index (χ1v) is 11.4. The standard InChI is InChI=1S/C30H22BrN/c31-27-19-15-25(16-20-27)23-11-13-24(14-12-23)26-17-21-30(22-18-26)32(28-7-3-1-4-8-28)29-9-5-2-6-10-29/h1-22H. The molecule has 0 fully saturated rings. The molecule has 0 aliphatic rings. The highest BCUT2D eigenvalue weighted by atomic mass is 79.9. The minimum absolute atomic E-state index is 1.10. The molecule has 0 spiro atoms. The van der Waals surface area contributed by atoms with E-state index in [1.807, 2.05) is 12.1 Å². The molecule has 0 radical (unpaired) electrons. The summed E-state index contributed by atoms with van der Waals surface area (Å²) in [5.74, 6) is 0. The predicted molar refractivity (Wildman–Crippen MR) is 140 cm³/mol. The summed E-state index contributed by atoms with van der Waals surface area (Å²) in [5.41, 5.74) is 8.28. The van der Waals surface area contributed by atoms with Crippen LogP contribution in [0.1, 0.15) is 0 Å². The highest BCUT2D eigenvalue weighted by molar-refractivity contribution is 9.10. The van der Waals surface area contributed by atoms with Crippen LogP contribution in [0.5, 0.6) is 0 Å². The van der Waals surface area contributed by atoms with E-state index in [4.69, 9.17) is 0 Å². The van der Waals surface area contributed by atoms with Gasteiger partial charge in [-0.15, -0.1) is 0 Å². The molecule has 5 aromatic rings. The first-order chi connectivity index (χ1) is 15.8. The van der Waals surface area contributed by atoms with Crippen molar-refractivity contribution in [3.8, 4) is 22.3 Å². The molecule has 0 aliphatic carbocycles. The van der Waals surface area contributed by atoms with Gasteiger partial charge in [-0.3, -0.25) is 0 Å². The van der Waals surface area contributed by atoms with Crippen LogP contribution >= 0.6 is 15.9 Å². The molecule has 0 N–H and O–H groups in total. The summed E-state index contributed by atoms with van der Waals surface area (Å²) in [6.45, 7) is 0. The zero-order valence-electron chi connectivity index (χ0n) is 17.5. The maximum atomic E-state index is 3.50. The molecule has 2 heteroatoms. The molecule has 0 unspecified atom stereocenters. The van der Waals surface area contributed by atoms with Crippen LogP contribution in [-0.2, 0) is 0 Å². The third-order valence-electron chi connectivity index (χ3n) is 5.55. The highest BCUT2D eigenvalue weighted by Gasteiger charge is 2.11. The number of para-hydroxylation sites is 2. The minimum Gasteiger partial charge on any atom is -0.311 e. The van der Waals surface area contributed by atoms with Crippen LogP contribution < -0.4 is 4.90 Å². The van der Waals surface area contributed by atoms with Crippen molar-refractivity contribution in [1.82, 2.24) is 0 Å². The van der Waals surface area contributed by atoms with Gasteiger partial charge in [0.1, 0.15) is 0 Å². The van der Waals surface area contributed by atoms with Gasteiger partial charge in [0, 0.05) is 21.5 Å². The fourth-order valence-electron chi connectivity index (χ4n) is 3.90. The molecule has 0 bridgehead atoms. The van der Waals surface area contributed by atoms with Crippen LogP contribution in [-0.4, -0.2) is 0 Å². The molecular formula is C30H22BrN. The van der Waals surface area contributed by atoms with Crippen LogP contribution in [0.4, 0.5) is 17.1 Å². The number of rotatable bonds is 5. The van der Waals surface area contributed by atoms with Gasteiger partial charge in [-0.25, -0.2) is 0 Å². The normalized spacial score (nSPS) is 10.7. The van der Waals surface area contributed by atoms with Gasteiger partial charge in [0.05, 0.1) is 0 Å². The third kappa shape index (κ3) is 4.37. The molecule has 0 atom stereocenters. The van der Waals surface area contributed by atoms with Gasteiger partial charge in [-0.2, -0.15) is 0 Å². The van der Waals surface area contributed by atoms with Crippen LogP contribution in [0, 0.1) is 0 Å². The van der Waals surface area contributed by atoms with Crippen LogP contribution in [0.2, 0.25) is 0 Å². The Morgan fingerprint density at radius 1 is 0.344 bits per heavy atom. The molecule has 0 aliphatic heterocycles. The molecule has 32 heavy (non-hydrogen) atoms. The van der Waals surface area contributed by atoms with E-state index in [0.717, 1.165) is 21.5 Å². The Labute approximate surface area is 197 Å². The molecule has 0 saturated carbocycles. The summed E-state index contributed by atoms with van der Waals surface area (Å²) in [6.07, 6.45) is 0. The molecule has 5 aromatic carbocycles. The summed E-state index contributed by atoms with van der Waals surface area (Å²) in [5, 5.41) is 0. The molecule has 0 aromatic heterocycles. The summed E-state index contributed by atoms with van der Waals surface area (Å²) in [4.78, 5) is 2.28. The number of benzene rings is 5.